The first-order chi connectivity index (χ1) is 10.7. The van der Waals surface area contributed by atoms with Gasteiger partial charge in [0.15, 0.2) is 0 Å². The number of carbonyl (C=O) groups excluding carboxylic acids is 1. The van der Waals surface area contributed by atoms with Crippen molar-refractivity contribution in [3.05, 3.63) is 66.7 Å². The van der Waals surface area contributed by atoms with Crippen molar-refractivity contribution in [2.24, 2.45) is 0 Å². The fraction of sp³-hybridized carbons (Fsp3) is 0.111. The van der Waals surface area contributed by atoms with Gasteiger partial charge in [0, 0.05) is 25.6 Å². The number of carbonyl (C=O) groups is 1. The van der Waals surface area contributed by atoms with Crippen molar-refractivity contribution in [2.45, 2.75) is 6.92 Å². The molecule has 0 bridgehead atoms. The average Bonchev–Trinajstić information content (AvgIpc) is 3.01. The zero-order chi connectivity index (χ0) is 15.5. The number of hydrogen-bond acceptors (Lipinski definition) is 2. The van der Waals surface area contributed by atoms with Crippen LogP contribution in [0.1, 0.15) is 6.92 Å². The van der Waals surface area contributed by atoms with Crippen molar-refractivity contribution in [1.82, 2.24) is 9.78 Å². The molecule has 0 aliphatic heterocycles. The second-order valence-electron chi connectivity index (χ2n) is 5.08. The van der Waals surface area contributed by atoms with E-state index in [4.69, 9.17) is 0 Å². The molecule has 110 valence electrons. The molecule has 22 heavy (non-hydrogen) atoms. The lowest BCUT2D eigenvalue weighted by atomic mass is 10.1. The third kappa shape index (κ3) is 2.63. The number of hydrogen-bond donors (Lipinski definition) is 0. The van der Waals surface area contributed by atoms with E-state index in [2.05, 4.69) is 5.10 Å². The Bertz CT molecular complexity index is 779. The number of aromatic nitrogens is 2. The smallest absolute Gasteiger partial charge is 0.224 e. The maximum Gasteiger partial charge on any atom is 0.224 e. The molecule has 4 nitrogen and oxygen atoms in total. The number of anilines is 1. The molecule has 1 heterocycles. The number of amides is 1. The SMILES string of the molecule is CC(=O)N(C)c1cc(-c2ccccc2)nn1-c1ccccc1. The van der Waals surface area contributed by atoms with Gasteiger partial charge in [-0.25, -0.2) is 4.68 Å². The summed E-state index contributed by atoms with van der Waals surface area (Å²) in [5, 5.41) is 4.68. The summed E-state index contributed by atoms with van der Waals surface area (Å²) >= 11 is 0. The monoisotopic (exact) mass is 291 g/mol. The van der Waals surface area contributed by atoms with E-state index in [1.54, 1.807) is 23.6 Å². The minimum absolute atomic E-state index is 0.0308. The molecule has 0 saturated carbocycles. The third-order valence-corrected chi connectivity index (χ3v) is 3.58. The Morgan fingerprint density at radius 2 is 1.59 bits per heavy atom. The predicted molar refractivity (Wildman–Crippen MR) is 88.1 cm³/mol. The summed E-state index contributed by atoms with van der Waals surface area (Å²) < 4.78 is 1.80. The molecule has 0 fully saturated rings. The summed E-state index contributed by atoms with van der Waals surface area (Å²) in [6, 6.07) is 21.7. The second-order valence-corrected chi connectivity index (χ2v) is 5.08. The van der Waals surface area contributed by atoms with Crippen molar-refractivity contribution in [1.29, 1.82) is 0 Å². The van der Waals surface area contributed by atoms with Crippen LogP contribution in [-0.2, 0) is 4.79 Å². The van der Waals surface area contributed by atoms with Crippen LogP contribution in [0.15, 0.2) is 66.7 Å². The van der Waals surface area contributed by atoms with Gasteiger partial charge in [-0.2, -0.15) is 5.10 Å². The van der Waals surface area contributed by atoms with Crippen molar-refractivity contribution in [2.75, 3.05) is 11.9 Å². The fourth-order valence-electron chi connectivity index (χ4n) is 2.28. The first kappa shape index (κ1) is 14.1. The summed E-state index contributed by atoms with van der Waals surface area (Å²) in [5.41, 5.74) is 2.79. The molecule has 0 atom stereocenters. The van der Waals surface area contributed by atoms with Gasteiger partial charge < -0.3 is 4.90 Å². The van der Waals surface area contributed by atoms with Crippen LogP contribution in [0.2, 0.25) is 0 Å². The number of benzene rings is 2. The zero-order valence-corrected chi connectivity index (χ0v) is 12.6. The number of rotatable bonds is 3. The molecule has 3 rings (SSSR count). The molecule has 0 radical (unpaired) electrons. The van der Waals surface area contributed by atoms with E-state index in [0.29, 0.717) is 0 Å². The topological polar surface area (TPSA) is 38.1 Å². The molecule has 0 aliphatic rings. The minimum Gasteiger partial charge on any atom is -0.300 e. The van der Waals surface area contributed by atoms with Gasteiger partial charge >= 0.3 is 0 Å². The van der Waals surface area contributed by atoms with Gasteiger partial charge in [0.05, 0.1) is 11.4 Å². The summed E-state index contributed by atoms with van der Waals surface area (Å²) in [6.45, 7) is 1.55. The highest BCUT2D eigenvalue weighted by molar-refractivity contribution is 5.91. The summed E-state index contributed by atoms with van der Waals surface area (Å²) in [7, 11) is 1.76. The normalized spacial score (nSPS) is 10.5. The molecule has 0 spiro atoms. The number of para-hydroxylation sites is 1. The molecule has 1 amide bonds. The molecular weight excluding hydrogens is 274 g/mol. The molecule has 1 aromatic heterocycles. The Morgan fingerprint density at radius 3 is 2.18 bits per heavy atom. The maximum absolute atomic E-state index is 11.8. The van der Waals surface area contributed by atoms with Gasteiger partial charge in [-0.15, -0.1) is 0 Å². The fourth-order valence-corrected chi connectivity index (χ4v) is 2.28. The zero-order valence-electron chi connectivity index (χ0n) is 12.6. The Labute approximate surface area is 129 Å². The van der Waals surface area contributed by atoms with Crippen molar-refractivity contribution >= 4 is 11.7 Å². The van der Waals surface area contributed by atoms with E-state index in [1.165, 1.54) is 0 Å². The molecule has 0 N–H and O–H groups in total. The lowest BCUT2D eigenvalue weighted by molar-refractivity contribution is -0.116. The third-order valence-electron chi connectivity index (χ3n) is 3.58. The van der Waals surface area contributed by atoms with E-state index in [0.717, 1.165) is 22.8 Å². The van der Waals surface area contributed by atoms with Crippen LogP contribution in [0.4, 0.5) is 5.82 Å². The van der Waals surface area contributed by atoms with Gasteiger partial charge in [0.2, 0.25) is 5.91 Å². The molecular formula is C18H17N3O. The van der Waals surface area contributed by atoms with Crippen LogP contribution in [-0.4, -0.2) is 22.7 Å². The largest absolute Gasteiger partial charge is 0.300 e. The van der Waals surface area contributed by atoms with Gasteiger partial charge in [-0.1, -0.05) is 48.5 Å². The molecule has 0 aliphatic carbocycles. The quantitative estimate of drug-likeness (QED) is 0.740. The van der Waals surface area contributed by atoms with E-state index in [-0.39, 0.29) is 5.91 Å². The van der Waals surface area contributed by atoms with Crippen LogP contribution >= 0.6 is 0 Å². The van der Waals surface area contributed by atoms with Gasteiger partial charge in [0.1, 0.15) is 5.82 Å². The Hall–Kier alpha value is -2.88. The standard InChI is InChI=1S/C18H17N3O/c1-14(22)20(2)18-13-17(15-9-5-3-6-10-15)19-21(18)16-11-7-4-8-12-16/h3-13H,1-2H3. The van der Waals surface area contributed by atoms with E-state index >= 15 is 0 Å². The van der Waals surface area contributed by atoms with Crippen LogP contribution in [0.5, 0.6) is 0 Å². The highest BCUT2D eigenvalue weighted by atomic mass is 16.2. The molecule has 0 unspecified atom stereocenters. The van der Waals surface area contributed by atoms with Crippen molar-refractivity contribution in [3.8, 4) is 16.9 Å². The van der Waals surface area contributed by atoms with Crippen LogP contribution in [0, 0.1) is 0 Å². The Morgan fingerprint density at radius 1 is 1.00 bits per heavy atom. The Balaban J connectivity index is 2.15. The molecule has 0 saturated heterocycles. The summed E-state index contributed by atoms with van der Waals surface area (Å²) in [5.74, 6) is 0.717. The highest BCUT2D eigenvalue weighted by Gasteiger charge is 2.16. The van der Waals surface area contributed by atoms with Crippen molar-refractivity contribution < 1.29 is 4.79 Å². The predicted octanol–water partition coefficient (Wildman–Crippen LogP) is 3.52. The maximum atomic E-state index is 11.8. The van der Waals surface area contributed by atoms with Gasteiger partial charge in [-0.3, -0.25) is 4.79 Å². The van der Waals surface area contributed by atoms with E-state index in [9.17, 15) is 4.79 Å². The Kier molecular flexibility index (Phi) is 3.74. The van der Waals surface area contributed by atoms with E-state index < -0.39 is 0 Å². The summed E-state index contributed by atoms with van der Waals surface area (Å²) in [4.78, 5) is 13.4. The lowest BCUT2D eigenvalue weighted by Gasteiger charge is -2.16. The molecule has 3 aromatic rings. The lowest BCUT2D eigenvalue weighted by Crippen LogP contribution is -2.25. The van der Waals surface area contributed by atoms with Gasteiger partial charge in [0.25, 0.3) is 0 Å². The van der Waals surface area contributed by atoms with Crippen LogP contribution in [0.25, 0.3) is 16.9 Å². The first-order valence-corrected chi connectivity index (χ1v) is 7.12. The average molecular weight is 291 g/mol. The van der Waals surface area contributed by atoms with Crippen molar-refractivity contribution in [3.63, 3.8) is 0 Å². The minimum atomic E-state index is -0.0308. The van der Waals surface area contributed by atoms with Gasteiger partial charge in [-0.05, 0) is 12.1 Å². The first-order valence-electron chi connectivity index (χ1n) is 7.12. The number of nitrogens with zero attached hydrogens (tertiary/aromatic N) is 3. The second kappa shape index (κ2) is 5.85. The molecule has 2 aromatic carbocycles. The van der Waals surface area contributed by atoms with Crippen LogP contribution < -0.4 is 4.90 Å². The van der Waals surface area contributed by atoms with Crippen LogP contribution in [0.3, 0.4) is 0 Å². The molecule has 4 heteroatoms. The highest BCUT2D eigenvalue weighted by Crippen LogP contribution is 2.26. The van der Waals surface area contributed by atoms with E-state index in [1.807, 2.05) is 66.7 Å². The summed E-state index contributed by atoms with van der Waals surface area (Å²) in [6.07, 6.45) is 0.